The van der Waals surface area contributed by atoms with Crippen LogP contribution in [0.15, 0.2) is 0 Å². The van der Waals surface area contributed by atoms with Gasteiger partial charge in [0.1, 0.15) is 0 Å². The molecule has 0 amide bonds. The molecule has 1 aliphatic carbocycles. The van der Waals surface area contributed by atoms with Crippen molar-refractivity contribution >= 4 is 17.2 Å². The molecule has 0 aliphatic heterocycles. The van der Waals surface area contributed by atoms with Gasteiger partial charge in [0.15, 0.2) is 0 Å². The fraction of sp³-hybridized carbons (Fsp3) is 0.875. The van der Waals surface area contributed by atoms with Gasteiger partial charge in [-0.05, 0) is 12.8 Å². The molecule has 0 radical (unpaired) electrons. The number of hydrogen-bond acceptors (Lipinski definition) is 3. The van der Waals surface area contributed by atoms with Gasteiger partial charge in [0.05, 0.1) is 11.6 Å². The molecule has 1 saturated carbocycles. The molecule has 1 fully saturated rings. The van der Waals surface area contributed by atoms with Crippen LogP contribution in [-0.4, -0.2) is 40.7 Å². The highest BCUT2D eigenvalue weighted by Gasteiger charge is 2.27. The highest BCUT2D eigenvalue weighted by Crippen LogP contribution is 2.26. The fourth-order valence-corrected chi connectivity index (χ4v) is 1.39. The molecule has 0 unspecified atom stereocenters. The lowest BCUT2D eigenvalue weighted by Gasteiger charge is -2.19. The van der Waals surface area contributed by atoms with Crippen LogP contribution in [0.3, 0.4) is 0 Å². The van der Waals surface area contributed by atoms with E-state index < -0.39 is 0 Å². The van der Waals surface area contributed by atoms with Crippen molar-refractivity contribution in [2.75, 3.05) is 19.7 Å². The second-order valence-corrected chi connectivity index (χ2v) is 3.73. The number of aliphatic hydroxyl groups is 1. The van der Waals surface area contributed by atoms with Gasteiger partial charge in [0.2, 0.25) is 0 Å². The largest absolute Gasteiger partial charge is 0.395 e. The van der Waals surface area contributed by atoms with Gasteiger partial charge in [-0.2, -0.15) is 0 Å². The predicted octanol–water partition coefficient (Wildman–Crippen LogP) is 0.119. The molecule has 12 heavy (non-hydrogen) atoms. The van der Waals surface area contributed by atoms with Crippen LogP contribution >= 0.6 is 12.2 Å². The average Bonchev–Trinajstić information content (AvgIpc) is 2.79. The number of rotatable bonds is 6. The molecule has 0 aromatic carbocycles. The van der Waals surface area contributed by atoms with E-state index in [9.17, 15) is 0 Å². The summed E-state index contributed by atoms with van der Waals surface area (Å²) in [6, 6.07) is 0.687. The van der Waals surface area contributed by atoms with Crippen molar-refractivity contribution in [2.24, 2.45) is 5.73 Å². The molecule has 0 atom stereocenters. The maximum Gasteiger partial charge on any atom is 0.0740 e. The molecule has 4 heteroatoms. The molecule has 70 valence electrons. The Morgan fingerprint density at radius 1 is 1.50 bits per heavy atom. The maximum atomic E-state index is 8.77. The molecule has 0 spiro atoms. The molecule has 1 aliphatic rings. The summed E-state index contributed by atoms with van der Waals surface area (Å²) in [6.07, 6.45) is 3.29. The summed E-state index contributed by atoms with van der Waals surface area (Å²) in [7, 11) is 0. The Labute approximate surface area is 78.5 Å². The number of nitrogens with two attached hydrogens (primary N) is 1. The summed E-state index contributed by atoms with van der Waals surface area (Å²) >= 11 is 4.79. The Hall–Kier alpha value is -0.190. The van der Waals surface area contributed by atoms with E-state index in [2.05, 4.69) is 4.90 Å². The van der Waals surface area contributed by atoms with E-state index in [1.807, 2.05) is 0 Å². The van der Waals surface area contributed by atoms with Crippen molar-refractivity contribution in [2.45, 2.75) is 25.3 Å². The Balaban J connectivity index is 2.18. The average molecular weight is 188 g/mol. The van der Waals surface area contributed by atoms with Gasteiger partial charge >= 0.3 is 0 Å². The summed E-state index contributed by atoms with van der Waals surface area (Å²) in [6.45, 7) is 1.89. The van der Waals surface area contributed by atoms with Gasteiger partial charge in [-0.1, -0.05) is 12.2 Å². The summed E-state index contributed by atoms with van der Waals surface area (Å²) in [4.78, 5) is 2.83. The van der Waals surface area contributed by atoms with Crippen molar-refractivity contribution in [3.63, 3.8) is 0 Å². The van der Waals surface area contributed by atoms with Crippen molar-refractivity contribution in [3.8, 4) is 0 Å². The summed E-state index contributed by atoms with van der Waals surface area (Å²) in [5, 5.41) is 8.77. The first kappa shape index (κ1) is 9.89. The van der Waals surface area contributed by atoms with E-state index in [1.54, 1.807) is 0 Å². The van der Waals surface area contributed by atoms with Gasteiger partial charge < -0.3 is 10.8 Å². The van der Waals surface area contributed by atoms with Crippen LogP contribution in [0.25, 0.3) is 0 Å². The zero-order valence-corrected chi connectivity index (χ0v) is 8.02. The molecule has 1 rings (SSSR count). The summed E-state index contributed by atoms with van der Waals surface area (Å²) < 4.78 is 0. The Morgan fingerprint density at radius 3 is 2.58 bits per heavy atom. The van der Waals surface area contributed by atoms with Crippen LogP contribution < -0.4 is 5.73 Å². The van der Waals surface area contributed by atoms with Crippen molar-refractivity contribution in [3.05, 3.63) is 0 Å². The summed E-state index contributed by atoms with van der Waals surface area (Å²) in [5.41, 5.74) is 5.40. The van der Waals surface area contributed by atoms with E-state index in [4.69, 9.17) is 23.1 Å². The lowest BCUT2D eigenvalue weighted by atomic mass is 10.3. The van der Waals surface area contributed by atoms with Gasteiger partial charge in [0, 0.05) is 25.6 Å². The summed E-state index contributed by atoms with van der Waals surface area (Å²) in [5.74, 6) is 0. The van der Waals surface area contributed by atoms with Crippen LogP contribution in [-0.2, 0) is 0 Å². The lowest BCUT2D eigenvalue weighted by Crippen LogP contribution is -2.32. The van der Waals surface area contributed by atoms with E-state index in [-0.39, 0.29) is 6.61 Å². The number of thiocarbonyl (C=S) groups is 1. The van der Waals surface area contributed by atoms with E-state index in [0.29, 0.717) is 11.0 Å². The van der Waals surface area contributed by atoms with Crippen molar-refractivity contribution in [1.82, 2.24) is 4.90 Å². The SMILES string of the molecule is NC(=S)CCN(CCO)C1CC1. The van der Waals surface area contributed by atoms with E-state index in [1.165, 1.54) is 12.8 Å². The van der Waals surface area contributed by atoms with Gasteiger partial charge in [-0.15, -0.1) is 0 Å². The monoisotopic (exact) mass is 188 g/mol. The third-order valence-electron chi connectivity index (χ3n) is 2.10. The van der Waals surface area contributed by atoms with E-state index in [0.717, 1.165) is 19.5 Å². The van der Waals surface area contributed by atoms with Crippen molar-refractivity contribution < 1.29 is 5.11 Å². The standard InChI is InChI=1S/C8H16N2OS/c9-8(12)3-4-10(5-6-11)7-1-2-7/h7,11H,1-6H2,(H2,9,12). The minimum Gasteiger partial charge on any atom is -0.395 e. The minimum absolute atomic E-state index is 0.230. The smallest absolute Gasteiger partial charge is 0.0740 e. The first-order valence-electron chi connectivity index (χ1n) is 4.37. The third-order valence-corrected chi connectivity index (χ3v) is 2.30. The Kier molecular flexibility index (Phi) is 3.91. The van der Waals surface area contributed by atoms with Crippen LogP contribution in [0.2, 0.25) is 0 Å². The van der Waals surface area contributed by atoms with Crippen LogP contribution in [0.4, 0.5) is 0 Å². The van der Waals surface area contributed by atoms with Crippen LogP contribution in [0.1, 0.15) is 19.3 Å². The molecule has 0 bridgehead atoms. The first-order valence-corrected chi connectivity index (χ1v) is 4.78. The van der Waals surface area contributed by atoms with Gasteiger partial charge in [0.25, 0.3) is 0 Å². The van der Waals surface area contributed by atoms with Crippen LogP contribution in [0.5, 0.6) is 0 Å². The zero-order valence-electron chi connectivity index (χ0n) is 7.20. The molecule has 0 saturated heterocycles. The predicted molar refractivity (Wildman–Crippen MR) is 53.1 cm³/mol. The first-order chi connectivity index (χ1) is 5.74. The quantitative estimate of drug-likeness (QED) is 0.581. The Morgan fingerprint density at radius 2 is 2.17 bits per heavy atom. The lowest BCUT2D eigenvalue weighted by molar-refractivity contribution is 0.193. The number of aliphatic hydroxyl groups excluding tert-OH is 1. The van der Waals surface area contributed by atoms with Gasteiger partial charge in [-0.3, -0.25) is 4.90 Å². The normalized spacial score (nSPS) is 16.8. The highest BCUT2D eigenvalue weighted by atomic mass is 32.1. The van der Waals surface area contributed by atoms with Crippen LogP contribution in [0, 0.1) is 0 Å². The number of nitrogens with zero attached hydrogens (tertiary/aromatic N) is 1. The van der Waals surface area contributed by atoms with E-state index >= 15 is 0 Å². The topological polar surface area (TPSA) is 49.5 Å². The molecule has 0 aromatic heterocycles. The zero-order chi connectivity index (χ0) is 8.97. The second kappa shape index (κ2) is 4.74. The fourth-order valence-electron chi connectivity index (χ4n) is 1.30. The Bertz CT molecular complexity index is 159. The molecule has 3 nitrogen and oxygen atoms in total. The molecule has 0 aromatic rings. The maximum absolute atomic E-state index is 8.77. The number of hydrogen-bond donors (Lipinski definition) is 2. The van der Waals surface area contributed by atoms with Gasteiger partial charge in [-0.25, -0.2) is 0 Å². The minimum atomic E-state index is 0.230. The second-order valence-electron chi connectivity index (χ2n) is 3.21. The molecular formula is C8H16N2OS. The highest BCUT2D eigenvalue weighted by molar-refractivity contribution is 7.80. The third kappa shape index (κ3) is 3.47. The molecule has 3 N–H and O–H groups in total. The molecule has 0 heterocycles. The van der Waals surface area contributed by atoms with Crippen molar-refractivity contribution in [1.29, 1.82) is 0 Å². The molecular weight excluding hydrogens is 172 g/mol.